The number of fused-ring (bicyclic) bond motifs is 3. The average molecular weight is 361 g/mol. The summed E-state index contributed by atoms with van der Waals surface area (Å²) in [6.07, 6.45) is 7.20. The number of aromatic nitrogens is 1. The van der Waals surface area contributed by atoms with Crippen molar-refractivity contribution in [3.63, 3.8) is 0 Å². The third-order valence-electron chi connectivity index (χ3n) is 5.15. The maximum Gasteiger partial charge on any atom is 0.191 e. The normalized spacial score (nSPS) is 25.7. The monoisotopic (exact) mass is 360 g/mol. The molecule has 2 aromatic rings. The molecule has 3 unspecified atom stereocenters. The van der Waals surface area contributed by atoms with Crippen LogP contribution >= 0.6 is 11.6 Å². The molecule has 0 aliphatic carbocycles. The van der Waals surface area contributed by atoms with E-state index in [4.69, 9.17) is 21.3 Å². The Kier molecular flexibility index (Phi) is 4.86. The fourth-order valence-corrected chi connectivity index (χ4v) is 4.10. The van der Waals surface area contributed by atoms with Gasteiger partial charge in [0.15, 0.2) is 5.96 Å². The van der Waals surface area contributed by atoms with Crippen LogP contribution in [0.3, 0.4) is 0 Å². The highest BCUT2D eigenvalue weighted by molar-refractivity contribution is 6.31. The quantitative estimate of drug-likeness (QED) is 0.566. The van der Waals surface area contributed by atoms with Gasteiger partial charge < -0.3 is 20.4 Å². The van der Waals surface area contributed by atoms with Crippen molar-refractivity contribution in [3.05, 3.63) is 35.0 Å². The lowest BCUT2D eigenvalue weighted by atomic mass is 9.96. The van der Waals surface area contributed by atoms with Crippen LogP contribution in [0.5, 0.6) is 0 Å². The molecule has 1 aromatic heterocycles. The van der Waals surface area contributed by atoms with E-state index in [0.717, 1.165) is 48.9 Å². The highest BCUT2D eigenvalue weighted by atomic mass is 35.5. The highest BCUT2D eigenvalue weighted by Crippen LogP contribution is 2.34. The van der Waals surface area contributed by atoms with Gasteiger partial charge in [0.1, 0.15) is 0 Å². The fraction of sp³-hybridized carbons (Fsp3) is 0.526. The molecule has 3 atom stereocenters. The second-order valence-corrected chi connectivity index (χ2v) is 7.31. The molecule has 1 aromatic carbocycles. The Balaban J connectivity index is 1.40. The van der Waals surface area contributed by atoms with Crippen molar-refractivity contribution in [3.8, 4) is 0 Å². The smallest absolute Gasteiger partial charge is 0.191 e. The van der Waals surface area contributed by atoms with Crippen LogP contribution in [0, 0.1) is 0 Å². The van der Waals surface area contributed by atoms with Crippen LogP contribution in [0.15, 0.2) is 29.4 Å². The predicted molar refractivity (Wildman–Crippen MR) is 102 cm³/mol. The van der Waals surface area contributed by atoms with E-state index in [2.05, 4.69) is 28.7 Å². The SMILES string of the molecule is CCNC(=NCCc1c[nH]c2ccc(Cl)cc12)NC1CC2CCC1O2. The minimum absolute atomic E-state index is 0.351. The highest BCUT2D eigenvalue weighted by Gasteiger charge is 2.41. The van der Waals surface area contributed by atoms with Crippen LogP contribution in [-0.2, 0) is 11.2 Å². The summed E-state index contributed by atoms with van der Waals surface area (Å²) in [4.78, 5) is 8.06. The van der Waals surface area contributed by atoms with E-state index in [1.807, 2.05) is 18.2 Å². The zero-order chi connectivity index (χ0) is 17.2. The number of ether oxygens (including phenoxy) is 1. The fourth-order valence-electron chi connectivity index (χ4n) is 3.93. The Bertz CT molecular complexity index is 772. The van der Waals surface area contributed by atoms with Gasteiger partial charge in [-0.2, -0.15) is 0 Å². The average Bonchev–Trinajstić information content (AvgIpc) is 3.31. The van der Waals surface area contributed by atoms with Gasteiger partial charge in [0.05, 0.1) is 18.2 Å². The summed E-state index contributed by atoms with van der Waals surface area (Å²) >= 11 is 6.13. The van der Waals surface area contributed by atoms with Gasteiger partial charge in [0.25, 0.3) is 0 Å². The lowest BCUT2D eigenvalue weighted by Gasteiger charge is -2.22. The first-order valence-corrected chi connectivity index (χ1v) is 9.56. The van der Waals surface area contributed by atoms with Crippen molar-refractivity contribution in [1.29, 1.82) is 0 Å². The van der Waals surface area contributed by atoms with Crippen molar-refractivity contribution in [1.82, 2.24) is 15.6 Å². The maximum absolute atomic E-state index is 6.13. The molecule has 6 heteroatoms. The largest absolute Gasteiger partial charge is 0.373 e. The van der Waals surface area contributed by atoms with Crippen molar-refractivity contribution in [2.75, 3.05) is 13.1 Å². The number of aromatic amines is 1. The Labute approximate surface area is 153 Å². The van der Waals surface area contributed by atoms with Gasteiger partial charge in [-0.3, -0.25) is 4.99 Å². The number of nitrogens with zero attached hydrogens (tertiary/aromatic N) is 1. The maximum atomic E-state index is 6.13. The number of benzene rings is 1. The molecule has 5 nitrogen and oxygen atoms in total. The molecule has 2 saturated heterocycles. The first-order chi connectivity index (χ1) is 12.2. The van der Waals surface area contributed by atoms with Crippen LogP contribution in [0.2, 0.25) is 5.02 Å². The Morgan fingerprint density at radius 3 is 3.08 bits per heavy atom. The number of rotatable bonds is 5. The minimum atomic E-state index is 0.351. The Hall–Kier alpha value is -1.72. The zero-order valence-electron chi connectivity index (χ0n) is 14.5. The molecule has 134 valence electrons. The summed E-state index contributed by atoms with van der Waals surface area (Å²) in [5.41, 5.74) is 2.37. The van der Waals surface area contributed by atoms with Crippen molar-refractivity contribution < 1.29 is 4.74 Å². The van der Waals surface area contributed by atoms with Gasteiger partial charge in [-0.25, -0.2) is 0 Å². The number of guanidine groups is 1. The van der Waals surface area contributed by atoms with Crippen LogP contribution in [0.4, 0.5) is 0 Å². The topological polar surface area (TPSA) is 61.4 Å². The second kappa shape index (κ2) is 7.26. The number of H-pyrrole nitrogens is 1. The van der Waals surface area contributed by atoms with Crippen molar-refractivity contribution in [2.45, 2.75) is 50.9 Å². The van der Waals surface area contributed by atoms with Gasteiger partial charge in [-0.05, 0) is 56.4 Å². The molecule has 0 saturated carbocycles. The first-order valence-electron chi connectivity index (χ1n) is 9.18. The number of hydrogen-bond donors (Lipinski definition) is 3. The third-order valence-corrected chi connectivity index (χ3v) is 5.39. The number of hydrogen-bond acceptors (Lipinski definition) is 2. The van der Waals surface area contributed by atoms with Gasteiger partial charge in [0, 0.05) is 35.2 Å². The Morgan fingerprint density at radius 1 is 1.40 bits per heavy atom. The molecule has 0 amide bonds. The summed E-state index contributed by atoms with van der Waals surface area (Å²) in [6.45, 7) is 3.68. The van der Waals surface area contributed by atoms with E-state index < -0.39 is 0 Å². The van der Waals surface area contributed by atoms with E-state index in [-0.39, 0.29) is 0 Å². The van der Waals surface area contributed by atoms with E-state index >= 15 is 0 Å². The van der Waals surface area contributed by atoms with Gasteiger partial charge in [-0.15, -0.1) is 0 Å². The molecular weight excluding hydrogens is 336 g/mol. The number of halogens is 1. The van der Waals surface area contributed by atoms with Gasteiger partial charge in [-0.1, -0.05) is 11.6 Å². The molecule has 2 aliphatic rings. The summed E-state index contributed by atoms with van der Waals surface area (Å²) < 4.78 is 5.92. The molecule has 2 aliphatic heterocycles. The molecule has 2 fully saturated rings. The van der Waals surface area contributed by atoms with Crippen LogP contribution < -0.4 is 10.6 Å². The number of aliphatic imine (C=N–C) groups is 1. The predicted octanol–water partition coefficient (Wildman–Crippen LogP) is 3.24. The lowest BCUT2D eigenvalue weighted by Crippen LogP contribution is -2.47. The molecule has 0 spiro atoms. The standard InChI is InChI=1S/C19H25ClN4O/c1-2-21-19(24-17-10-14-4-6-18(17)25-14)22-8-7-12-11-23-16-5-3-13(20)9-15(12)16/h3,5,9,11,14,17-18,23H,2,4,6-8,10H2,1H3,(H2,21,22,24). The molecule has 25 heavy (non-hydrogen) atoms. The van der Waals surface area contributed by atoms with Gasteiger partial charge in [0.2, 0.25) is 0 Å². The minimum Gasteiger partial charge on any atom is -0.373 e. The molecule has 2 bridgehead atoms. The molecule has 0 radical (unpaired) electrons. The van der Waals surface area contributed by atoms with Crippen molar-refractivity contribution >= 4 is 28.5 Å². The lowest BCUT2D eigenvalue weighted by molar-refractivity contribution is 0.0992. The molecule has 3 heterocycles. The first kappa shape index (κ1) is 16.7. The Morgan fingerprint density at radius 2 is 2.32 bits per heavy atom. The third kappa shape index (κ3) is 3.62. The van der Waals surface area contributed by atoms with E-state index in [1.54, 1.807) is 0 Å². The van der Waals surface area contributed by atoms with Crippen LogP contribution in [-0.4, -0.2) is 42.3 Å². The van der Waals surface area contributed by atoms with E-state index in [0.29, 0.717) is 18.2 Å². The van der Waals surface area contributed by atoms with E-state index in [9.17, 15) is 0 Å². The zero-order valence-corrected chi connectivity index (χ0v) is 15.3. The number of nitrogens with one attached hydrogen (secondary N) is 3. The molecular formula is C19H25ClN4O. The second-order valence-electron chi connectivity index (χ2n) is 6.87. The van der Waals surface area contributed by atoms with E-state index in [1.165, 1.54) is 17.4 Å². The summed E-state index contributed by atoms with van der Waals surface area (Å²) in [5, 5.41) is 8.86. The molecule has 3 N–H and O–H groups in total. The van der Waals surface area contributed by atoms with Gasteiger partial charge >= 0.3 is 0 Å². The summed E-state index contributed by atoms with van der Waals surface area (Å²) in [6, 6.07) is 6.34. The van der Waals surface area contributed by atoms with Crippen LogP contribution in [0.25, 0.3) is 10.9 Å². The molecule has 4 rings (SSSR count). The van der Waals surface area contributed by atoms with Crippen molar-refractivity contribution in [2.24, 2.45) is 4.99 Å². The summed E-state index contributed by atoms with van der Waals surface area (Å²) in [7, 11) is 0. The van der Waals surface area contributed by atoms with Crippen LogP contribution in [0.1, 0.15) is 31.7 Å². The summed E-state index contributed by atoms with van der Waals surface area (Å²) in [5.74, 6) is 0.890.